The van der Waals surface area contributed by atoms with E-state index in [1.165, 1.54) is 0 Å². The van der Waals surface area contributed by atoms with Gasteiger partial charge in [0.25, 0.3) is 0 Å². The Morgan fingerprint density at radius 1 is 1.38 bits per heavy atom. The van der Waals surface area contributed by atoms with E-state index < -0.39 is 0 Å². The van der Waals surface area contributed by atoms with Crippen LogP contribution >= 0.6 is 0 Å². The van der Waals surface area contributed by atoms with Crippen LogP contribution in [-0.4, -0.2) is 19.1 Å². The molecule has 1 heterocycles. The predicted octanol–water partition coefficient (Wildman–Crippen LogP) is 0.583. The first-order valence-electron chi connectivity index (χ1n) is 5.37. The van der Waals surface area contributed by atoms with E-state index in [1.54, 1.807) is 13.2 Å². The topological polar surface area (TPSA) is 61.5 Å². The Kier molecular flexibility index (Phi) is 1.94. The lowest BCUT2D eigenvalue weighted by molar-refractivity contribution is -0.131. The van der Waals surface area contributed by atoms with E-state index in [4.69, 9.17) is 15.2 Å². The normalized spacial score (nSPS) is 21.6. The second kappa shape index (κ2) is 3.22. The maximum absolute atomic E-state index is 11.3. The van der Waals surface area contributed by atoms with Gasteiger partial charge in [0.2, 0.25) is 0 Å². The number of hydrogen-bond donors (Lipinski definition) is 1. The highest BCUT2D eigenvalue weighted by Gasteiger charge is 2.32. The summed E-state index contributed by atoms with van der Waals surface area (Å²) >= 11 is 0. The van der Waals surface area contributed by atoms with Crippen molar-refractivity contribution in [3.8, 4) is 11.5 Å². The summed E-state index contributed by atoms with van der Waals surface area (Å²) in [6.45, 7) is 0. The summed E-state index contributed by atoms with van der Waals surface area (Å²) in [4.78, 5) is 11.3. The monoisotopic (exact) mass is 219 g/mol. The highest BCUT2D eigenvalue weighted by atomic mass is 16.5. The average molecular weight is 219 g/mol. The fourth-order valence-electron chi connectivity index (χ4n) is 2.61. The lowest BCUT2D eigenvalue weighted by Gasteiger charge is -2.10. The zero-order chi connectivity index (χ0) is 11.3. The van der Waals surface area contributed by atoms with Gasteiger partial charge in [0.05, 0.1) is 13.5 Å². The van der Waals surface area contributed by atoms with Crippen LogP contribution in [0.25, 0.3) is 0 Å². The number of carbonyl (C=O) groups is 1. The largest absolute Gasteiger partial charge is 0.496 e. The summed E-state index contributed by atoms with van der Waals surface area (Å²) in [5, 5.41) is 0. The van der Waals surface area contributed by atoms with Crippen LogP contribution in [0.1, 0.15) is 16.7 Å². The maximum atomic E-state index is 11.3. The molecule has 0 bridgehead atoms. The molecule has 0 amide bonds. The van der Waals surface area contributed by atoms with Gasteiger partial charge in [-0.05, 0) is 24.0 Å². The molecule has 0 saturated carbocycles. The van der Waals surface area contributed by atoms with Gasteiger partial charge in [-0.1, -0.05) is 0 Å². The van der Waals surface area contributed by atoms with Gasteiger partial charge < -0.3 is 15.2 Å². The van der Waals surface area contributed by atoms with Crippen LogP contribution in [0.2, 0.25) is 0 Å². The molecule has 0 saturated heterocycles. The van der Waals surface area contributed by atoms with Crippen LogP contribution < -0.4 is 15.2 Å². The molecule has 1 aromatic rings. The van der Waals surface area contributed by atoms with Gasteiger partial charge in [0, 0.05) is 17.7 Å². The summed E-state index contributed by atoms with van der Waals surface area (Å²) in [6, 6.07) is 1.93. The summed E-state index contributed by atoms with van der Waals surface area (Å²) in [5.74, 6) is 1.25. The van der Waals surface area contributed by atoms with Gasteiger partial charge >= 0.3 is 5.97 Å². The number of carbonyl (C=O) groups excluding carboxylic acids is 1. The zero-order valence-electron chi connectivity index (χ0n) is 9.08. The van der Waals surface area contributed by atoms with Crippen LogP contribution in [0.5, 0.6) is 11.5 Å². The molecule has 4 nitrogen and oxygen atoms in total. The molecule has 84 valence electrons. The van der Waals surface area contributed by atoms with Crippen molar-refractivity contribution in [2.45, 2.75) is 25.3 Å². The summed E-state index contributed by atoms with van der Waals surface area (Å²) < 4.78 is 10.5. The van der Waals surface area contributed by atoms with Crippen molar-refractivity contribution in [1.29, 1.82) is 0 Å². The molecule has 1 aliphatic heterocycles. The summed E-state index contributed by atoms with van der Waals surface area (Å²) in [7, 11) is 1.63. The van der Waals surface area contributed by atoms with Crippen LogP contribution in [-0.2, 0) is 24.1 Å². The third-order valence-electron chi connectivity index (χ3n) is 3.28. The number of hydrogen-bond acceptors (Lipinski definition) is 4. The first-order chi connectivity index (χ1) is 7.69. The lowest BCUT2D eigenvalue weighted by Crippen LogP contribution is -2.19. The van der Waals surface area contributed by atoms with E-state index in [9.17, 15) is 4.79 Å². The Bertz CT molecular complexity index is 482. The minimum Gasteiger partial charge on any atom is -0.496 e. The molecular formula is C12H13NO3. The lowest BCUT2D eigenvalue weighted by atomic mass is 10.0. The number of benzene rings is 1. The minimum absolute atomic E-state index is 0.131. The third kappa shape index (κ3) is 1.23. The number of fused-ring (bicyclic) bond motifs is 3. The molecule has 0 spiro atoms. The highest BCUT2D eigenvalue weighted by Crippen LogP contribution is 2.41. The Morgan fingerprint density at radius 2 is 2.12 bits per heavy atom. The third-order valence-corrected chi connectivity index (χ3v) is 3.28. The fourth-order valence-corrected chi connectivity index (χ4v) is 2.61. The Labute approximate surface area is 93.3 Å². The van der Waals surface area contributed by atoms with Crippen molar-refractivity contribution in [2.24, 2.45) is 5.73 Å². The molecule has 4 heteroatoms. The molecular weight excluding hydrogens is 206 g/mol. The average Bonchev–Trinajstić information content (AvgIpc) is 2.78. The quantitative estimate of drug-likeness (QED) is 0.554. The van der Waals surface area contributed by atoms with Crippen molar-refractivity contribution in [1.82, 2.24) is 0 Å². The van der Waals surface area contributed by atoms with Crippen molar-refractivity contribution in [2.75, 3.05) is 7.11 Å². The Morgan fingerprint density at radius 3 is 2.88 bits per heavy atom. The number of ether oxygens (including phenoxy) is 2. The van der Waals surface area contributed by atoms with Crippen LogP contribution in [0.4, 0.5) is 0 Å². The zero-order valence-corrected chi connectivity index (χ0v) is 9.08. The van der Waals surface area contributed by atoms with Crippen molar-refractivity contribution in [3.63, 3.8) is 0 Å². The van der Waals surface area contributed by atoms with Gasteiger partial charge in [-0.3, -0.25) is 4.79 Å². The first kappa shape index (κ1) is 9.66. The second-order valence-corrected chi connectivity index (χ2v) is 4.33. The van der Waals surface area contributed by atoms with Gasteiger partial charge in [0.15, 0.2) is 0 Å². The molecule has 2 N–H and O–H groups in total. The van der Waals surface area contributed by atoms with Gasteiger partial charge in [0.1, 0.15) is 11.5 Å². The van der Waals surface area contributed by atoms with Crippen LogP contribution in [0.15, 0.2) is 6.07 Å². The van der Waals surface area contributed by atoms with E-state index in [0.717, 1.165) is 35.3 Å². The standard InChI is InChI=1S/C12H13NO3/c1-15-10-5-11-9(4-12(14)16-11)7-2-6(13)3-8(7)10/h5-6H,2-4,13H2,1H3. The molecule has 1 unspecified atom stereocenters. The number of esters is 1. The Balaban J connectivity index is 2.19. The number of methoxy groups -OCH3 is 1. The van der Waals surface area contributed by atoms with Crippen molar-refractivity contribution in [3.05, 3.63) is 22.8 Å². The fraction of sp³-hybridized carbons (Fsp3) is 0.417. The number of nitrogens with two attached hydrogens (primary N) is 1. The summed E-state index contributed by atoms with van der Waals surface area (Å²) in [5.41, 5.74) is 9.27. The molecule has 2 aliphatic rings. The second-order valence-electron chi connectivity index (χ2n) is 4.33. The molecule has 0 fully saturated rings. The SMILES string of the molecule is COc1cc2c(c3c1CC(N)C3)CC(=O)O2. The van der Waals surface area contributed by atoms with E-state index in [1.807, 2.05) is 0 Å². The van der Waals surface area contributed by atoms with E-state index in [0.29, 0.717) is 12.2 Å². The van der Waals surface area contributed by atoms with E-state index in [2.05, 4.69) is 0 Å². The van der Waals surface area contributed by atoms with Crippen LogP contribution in [0.3, 0.4) is 0 Å². The van der Waals surface area contributed by atoms with E-state index >= 15 is 0 Å². The summed E-state index contributed by atoms with van der Waals surface area (Å²) in [6.07, 6.45) is 2.00. The molecule has 1 aliphatic carbocycles. The molecule has 1 atom stereocenters. The maximum Gasteiger partial charge on any atom is 0.315 e. The molecule has 0 radical (unpaired) electrons. The van der Waals surface area contributed by atoms with Gasteiger partial charge in [-0.15, -0.1) is 0 Å². The molecule has 0 aromatic heterocycles. The highest BCUT2D eigenvalue weighted by molar-refractivity contribution is 5.83. The van der Waals surface area contributed by atoms with E-state index in [-0.39, 0.29) is 12.0 Å². The van der Waals surface area contributed by atoms with Crippen molar-refractivity contribution < 1.29 is 14.3 Å². The predicted molar refractivity (Wildman–Crippen MR) is 57.7 cm³/mol. The minimum atomic E-state index is -0.189. The Hall–Kier alpha value is -1.55. The van der Waals surface area contributed by atoms with Crippen LogP contribution in [0, 0.1) is 0 Å². The molecule has 16 heavy (non-hydrogen) atoms. The smallest absolute Gasteiger partial charge is 0.315 e. The first-order valence-corrected chi connectivity index (χ1v) is 5.37. The molecule has 3 rings (SSSR count). The van der Waals surface area contributed by atoms with Gasteiger partial charge in [-0.25, -0.2) is 0 Å². The number of rotatable bonds is 1. The molecule has 1 aromatic carbocycles. The van der Waals surface area contributed by atoms with Crippen molar-refractivity contribution >= 4 is 5.97 Å². The van der Waals surface area contributed by atoms with Gasteiger partial charge in [-0.2, -0.15) is 0 Å².